The molecule has 2 heterocycles. The maximum atomic E-state index is 12.5. The Hall–Kier alpha value is -2.87. The van der Waals surface area contributed by atoms with Crippen LogP contribution < -0.4 is 15.4 Å². The van der Waals surface area contributed by atoms with Gasteiger partial charge in [-0.05, 0) is 42.7 Å². The van der Waals surface area contributed by atoms with E-state index in [1.54, 1.807) is 24.3 Å². The number of ether oxygens (including phenoxy) is 1. The molecule has 27 heavy (non-hydrogen) atoms. The van der Waals surface area contributed by atoms with Crippen molar-refractivity contribution in [3.8, 4) is 11.5 Å². The Kier molecular flexibility index (Phi) is 4.35. The Bertz CT molecular complexity index is 1030. The van der Waals surface area contributed by atoms with E-state index < -0.39 is 10.0 Å². The van der Waals surface area contributed by atoms with E-state index >= 15 is 0 Å². The van der Waals surface area contributed by atoms with Crippen LogP contribution >= 0.6 is 0 Å². The number of primary amides is 1. The summed E-state index contributed by atoms with van der Waals surface area (Å²) in [6.07, 6.45) is 2.44. The summed E-state index contributed by atoms with van der Waals surface area (Å²) in [6.45, 7) is 0.772. The molecule has 0 atom stereocenters. The normalized spacial score (nSPS) is 17.0. The number of aryl methyl sites for hydroxylation is 1. The lowest BCUT2D eigenvalue weighted by molar-refractivity contribution is -0.117. The van der Waals surface area contributed by atoms with Crippen molar-refractivity contribution in [1.29, 1.82) is 0 Å². The van der Waals surface area contributed by atoms with Crippen molar-refractivity contribution < 1.29 is 17.9 Å². The van der Waals surface area contributed by atoms with Crippen molar-refractivity contribution in [2.24, 2.45) is 10.1 Å². The molecule has 1 amide bonds. The molecule has 0 radical (unpaired) electrons. The first-order valence-electron chi connectivity index (χ1n) is 8.73. The summed E-state index contributed by atoms with van der Waals surface area (Å²) in [5.74, 6) is 1.29. The van der Waals surface area contributed by atoms with Crippen LogP contribution in [0.5, 0.6) is 11.5 Å². The Labute approximate surface area is 157 Å². The Balaban J connectivity index is 1.56. The SMILES string of the molecule is NC(=O)CCc1ccc(Oc2ccc3c(c2)S(=O)(=O)N=C2CCCN23)cc1. The second-order valence-electron chi connectivity index (χ2n) is 6.58. The molecule has 7 nitrogen and oxygen atoms in total. The molecule has 2 aliphatic heterocycles. The summed E-state index contributed by atoms with van der Waals surface area (Å²) in [7, 11) is -3.71. The van der Waals surface area contributed by atoms with E-state index in [1.807, 2.05) is 17.0 Å². The van der Waals surface area contributed by atoms with E-state index in [0.717, 1.165) is 18.5 Å². The molecule has 0 spiro atoms. The number of anilines is 1. The highest BCUT2D eigenvalue weighted by Crippen LogP contribution is 2.38. The number of amides is 1. The number of carbonyl (C=O) groups excluding carboxylic acids is 1. The number of nitrogens with zero attached hydrogens (tertiary/aromatic N) is 2. The van der Waals surface area contributed by atoms with Crippen LogP contribution in [0.3, 0.4) is 0 Å². The fourth-order valence-electron chi connectivity index (χ4n) is 3.32. The van der Waals surface area contributed by atoms with E-state index in [0.29, 0.717) is 42.3 Å². The van der Waals surface area contributed by atoms with Gasteiger partial charge in [0.1, 0.15) is 22.2 Å². The number of carbonyl (C=O) groups is 1. The summed E-state index contributed by atoms with van der Waals surface area (Å²) in [4.78, 5) is 13.0. The van der Waals surface area contributed by atoms with E-state index in [2.05, 4.69) is 4.40 Å². The number of rotatable bonds is 5. The molecule has 0 saturated carbocycles. The molecule has 8 heteroatoms. The molecule has 2 aliphatic rings. The molecule has 0 aliphatic carbocycles. The standard InChI is InChI=1S/C19H19N3O4S/c20-18(23)10-5-13-3-6-14(7-4-13)26-15-8-9-16-17(12-15)27(24,25)21-19-2-1-11-22(16)19/h3-4,6-9,12H,1-2,5,10-11H2,(H2,20,23). The molecule has 4 rings (SSSR count). The third-order valence-electron chi connectivity index (χ3n) is 4.64. The predicted molar refractivity (Wildman–Crippen MR) is 102 cm³/mol. The average Bonchev–Trinajstić information content (AvgIpc) is 3.09. The first kappa shape index (κ1) is 17.5. The van der Waals surface area contributed by atoms with Gasteiger partial charge in [0.15, 0.2) is 0 Å². The van der Waals surface area contributed by atoms with Gasteiger partial charge < -0.3 is 15.4 Å². The highest BCUT2D eigenvalue weighted by atomic mass is 32.2. The number of hydrogen-bond acceptors (Lipinski definition) is 5. The van der Waals surface area contributed by atoms with Gasteiger partial charge in [0.2, 0.25) is 5.91 Å². The lowest BCUT2D eigenvalue weighted by Crippen LogP contribution is -2.30. The van der Waals surface area contributed by atoms with E-state index in [1.165, 1.54) is 6.07 Å². The molecule has 1 fully saturated rings. The first-order chi connectivity index (χ1) is 12.9. The molecule has 0 aromatic heterocycles. The molecular weight excluding hydrogens is 366 g/mol. The highest BCUT2D eigenvalue weighted by Gasteiger charge is 2.33. The van der Waals surface area contributed by atoms with Crippen LogP contribution in [0.2, 0.25) is 0 Å². The van der Waals surface area contributed by atoms with Crippen molar-refractivity contribution in [2.45, 2.75) is 30.6 Å². The predicted octanol–water partition coefficient (Wildman–Crippen LogP) is 2.60. The van der Waals surface area contributed by atoms with Gasteiger partial charge in [-0.15, -0.1) is 4.40 Å². The maximum absolute atomic E-state index is 12.5. The number of fused-ring (bicyclic) bond motifs is 3. The second kappa shape index (κ2) is 6.70. The summed E-state index contributed by atoms with van der Waals surface area (Å²) >= 11 is 0. The van der Waals surface area contributed by atoms with E-state index in [-0.39, 0.29) is 10.8 Å². The van der Waals surface area contributed by atoms with Crippen molar-refractivity contribution in [3.05, 3.63) is 48.0 Å². The zero-order valence-corrected chi connectivity index (χ0v) is 15.4. The van der Waals surface area contributed by atoms with Gasteiger partial charge in [-0.25, -0.2) is 0 Å². The van der Waals surface area contributed by atoms with Gasteiger partial charge in [0.05, 0.1) is 5.69 Å². The van der Waals surface area contributed by atoms with Gasteiger partial charge in [0, 0.05) is 25.5 Å². The smallest absolute Gasteiger partial charge is 0.286 e. The molecule has 2 N–H and O–H groups in total. The quantitative estimate of drug-likeness (QED) is 0.852. The number of sulfonamides is 1. The lowest BCUT2D eigenvalue weighted by atomic mass is 10.1. The first-order valence-corrected chi connectivity index (χ1v) is 10.2. The minimum atomic E-state index is -3.71. The minimum Gasteiger partial charge on any atom is -0.457 e. The van der Waals surface area contributed by atoms with E-state index in [9.17, 15) is 13.2 Å². The molecule has 0 unspecified atom stereocenters. The van der Waals surface area contributed by atoms with Crippen LogP contribution in [0.4, 0.5) is 5.69 Å². The van der Waals surface area contributed by atoms with Gasteiger partial charge in [-0.2, -0.15) is 8.42 Å². The van der Waals surface area contributed by atoms with Crippen LogP contribution in [-0.4, -0.2) is 26.7 Å². The maximum Gasteiger partial charge on any atom is 0.286 e. The Morgan fingerprint density at radius 2 is 1.89 bits per heavy atom. The van der Waals surface area contributed by atoms with Gasteiger partial charge in [-0.3, -0.25) is 4.79 Å². The number of hydrogen-bond donors (Lipinski definition) is 1. The fourth-order valence-corrected chi connectivity index (χ4v) is 4.59. The van der Waals surface area contributed by atoms with Gasteiger partial charge in [0.25, 0.3) is 10.0 Å². The molecule has 140 valence electrons. The van der Waals surface area contributed by atoms with Gasteiger partial charge >= 0.3 is 0 Å². The third kappa shape index (κ3) is 3.52. The van der Waals surface area contributed by atoms with Crippen molar-refractivity contribution in [2.75, 3.05) is 11.4 Å². The average molecular weight is 385 g/mol. The summed E-state index contributed by atoms with van der Waals surface area (Å²) in [5, 5.41) is 0. The molecular formula is C19H19N3O4S. The summed E-state index contributed by atoms with van der Waals surface area (Å²) in [5.41, 5.74) is 6.79. The lowest BCUT2D eigenvalue weighted by Gasteiger charge is -2.25. The number of benzene rings is 2. The Morgan fingerprint density at radius 1 is 1.15 bits per heavy atom. The highest BCUT2D eigenvalue weighted by molar-refractivity contribution is 7.90. The van der Waals surface area contributed by atoms with Crippen molar-refractivity contribution in [3.63, 3.8) is 0 Å². The zero-order valence-electron chi connectivity index (χ0n) is 14.6. The minimum absolute atomic E-state index is 0.170. The zero-order chi connectivity index (χ0) is 19.0. The van der Waals surface area contributed by atoms with Crippen molar-refractivity contribution >= 4 is 27.5 Å². The van der Waals surface area contributed by atoms with Crippen LogP contribution in [0.1, 0.15) is 24.8 Å². The summed E-state index contributed by atoms with van der Waals surface area (Å²) in [6, 6.07) is 12.3. The van der Waals surface area contributed by atoms with Crippen LogP contribution in [0.25, 0.3) is 0 Å². The van der Waals surface area contributed by atoms with Crippen LogP contribution in [0.15, 0.2) is 51.8 Å². The fraction of sp³-hybridized carbons (Fsp3) is 0.263. The largest absolute Gasteiger partial charge is 0.457 e. The second-order valence-corrected chi connectivity index (χ2v) is 8.15. The molecule has 2 aromatic rings. The molecule has 1 saturated heterocycles. The monoisotopic (exact) mass is 385 g/mol. The number of nitrogens with two attached hydrogens (primary N) is 1. The molecule has 0 bridgehead atoms. The topological polar surface area (TPSA) is 102 Å². The van der Waals surface area contributed by atoms with E-state index in [4.69, 9.17) is 10.5 Å². The molecule has 2 aromatic carbocycles. The summed E-state index contributed by atoms with van der Waals surface area (Å²) < 4.78 is 34.7. The van der Waals surface area contributed by atoms with Crippen LogP contribution in [-0.2, 0) is 21.2 Å². The number of amidine groups is 1. The third-order valence-corrected chi connectivity index (χ3v) is 5.97. The van der Waals surface area contributed by atoms with Gasteiger partial charge in [-0.1, -0.05) is 12.1 Å². The van der Waals surface area contributed by atoms with Crippen LogP contribution in [0, 0.1) is 0 Å². The Morgan fingerprint density at radius 3 is 2.63 bits per heavy atom. The van der Waals surface area contributed by atoms with Crippen molar-refractivity contribution in [1.82, 2.24) is 0 Å².